The van der Waals surface area contributed by atoms with Gasteiger partial charge in [0.05, 0.1) is 10.1 Å². The summed E-state index contributed by atoms with van der Waals surface area (Å²) >= 11 is 5.23. The van der Waals surface area contributed by atoms with Crippen LogP contribution < -0.4 is 29.6 Å². The third-order valence-electron chi connectivity index (χ3n) is 0.778. The topological polar surface area (TPSA) is 57.2 Å². The van der Waals surface area contributed by atoms with Crippen LogP contribution in [0.3, 0.4) is 0 Å². The summed E-state index contributed by atoms with van der Waals surface area (Å²) in [5, 5.41) is 0. The fourth-order valence-electron chi connectivity index (χ4n) is 0.373. The van der Waals surface area contributed by atoms with Crippen LogP contribution in [0.4, 0.5) is 0 Å². The van der Waals surface area contributed by atoms with E-state index in [4.69, 9.17) is 11.6 Å². The molecule has 0 aromatic heterocycles. The average molecular weight is 195 g/mol. The number of unbranched alkanes of at least 4 members (excludes halogenated alkanes) is 1. The van der Waals surface area contributed by atoms with Crippen molar-refractivity contribution >= 4 is 21.7 Å². The fraction of sp³-hybridized carbons (Fsp3) is 1.00. The van der Waals surface area contributed by atoms with Crippen LogP contribution in [0.5, 0.6) is 0 Å². The smallest absolute Gasteiger partial charge is 0.748 e. The monoisotopic (exact) mass is 194 g/mol. The van der Waals surface area contributed by atoms with Crippen LogP contribution in [-0.2, 0) is 10.1 Å². The number of hydrogen-bond donors (Lipinski definition) is 0. The largest absolute Gasteiger partial charge is 1.00 e. The van der Waals surface area contributed by atoms with E-state index in [1.807, 2.05) is 0 Å². The van der Waals surface area contributed by atoms with Crippen LogP contribution >= 0.6 is 11.6 Å². The molecule has 0 spiro atoms. The summed E-state index contributed by atoms with van der Waals surface area (Å²) in [5.41, 5.74) is 0. The van der Waals surface area contributed by atoms with Gasteiger partial charge in [0, 0.05) is 11.6 Å². The van der Waals surface area contributed by atoms with Gasteiger partial charge in [0.2, 0.25) is 0 Å². The Kier molecular flexibility index (Phi) is 9.48. The van der Waals surface area contributed by atoms with Crippen molar-refractivity contribution in [1.82, 2.24) is 0 Å². The molecule has 6 heteroatoms. The maximum absolute atomic E-state index is 9.91. The third-order valence-corrected chi connectivity index (χ3v) is 1.83. The molecule has 0 saturated heterocycles. The van der Waals surface area contributed by atoms with Crippen LogP contribution in [0.2, 0.25) is 0 Å². The molecule has 0 N–H and O–H groups in total. The van der Waals surface area contributed by atoms with Crippen LogP contribution in [0.25, 0.3) is 0 Å². The standard InChI is InChI=1S/C4H9ClO3S.Na/c5-3-1-2-4-9(6,7)8;/h1-4H2,(H,6,7,8);/q;+1/p-1. The van der Waals surface area contributed by atoms with Crippen molar-refractivity contribution < 1.29 is 42.5 Å². The molecule has 0 aliphatic heterocycles. The first-order valence-corrected chi connectivity index (χ1v) is 4.67. The van der Waals surface area contributed by atoms with Gasteiger partial charge in [-0.05, 0) is 12.8 Å². The van der Waals surface area contributed by atoms with E-state index in [2.05, 4.69) is 0 Å². The van der Waals surface area contributed by atoms with Gasteiger partial charge in [0.1, 0.15) is 0 Å². The second kappa shape index (κ2) is 6.88. The number of hydrogen-bond acceptors (Lipinski definition) is 3. The quantitative estimate of drug-likeness (QED) is 0.216. The number of halogens is 1. The third kappa shape index (κ3) is 11.9. The fourth-order valence-corrected chi connectivity index (χ4v) is 1.12. The van der Waals surface area contributed by atoms with Crippen LogP contribution in [0, 0.1) is 0 Å². The van der Waals surface area contributed by atoms with E-state index in [9.17, 15) is 13.0 Å². The Hall–Kier alpha value is 1.20. The summed E-state index contributed by atoms with van der Waals surface area (Å²) in [6, 6.07) is 0. The average Bonchev–Trinajstić information content (AvgIpc) is 1.63. The summed E-state index contributed by atoms with van der Waals surface area (Å²) in [5.74, 6) is 0.120. The van der Waals surface area contributed by atoms with E-state index in [-0.39, 0.29) is 35.3 Å². The van der Waals surface area contributed by atoms with E-state index in [1.165, 1.54) is 0 Å². The van der Waals surface area contributed by atoms with Crippen LogP contribution in [0.15, 0.2) is 0 Å². The zero-order valence-electron chi connectivity index (χ0n) is 5.84. The van der Waals surface area contributed by atoms with Gasteiger partial charge >= 0.3 is 29.6 Å². The second-order valence-electron chi connectivity index (χ2n) is 1.66. The summed E-state index contributed by atoms with van der Waals surface area (Å²) in [6.07, 6.45) is 0.957. The van der Waals surface area contributed by atoms with Crippen LogP contribution in [-0.4, -0.2) is 24.6 Å². The Morgan fingerprint density at radius 3 is 2.10 bits per heavy atom. The van der Waals surface area contributed by atoms with Gasteiger partial charge in [-0.25, -0.2) is 8.42 Å². The van der Waals surface area contributed by atoms with E-state index in [1.54, 1.807) is 0 Å². The van der Waals surface area contributed by atoms with Crippen molar-refractivity contribution in [1.29, 1.82) is 0 Å². The predicted octanol–water partition coefficient (Wildman–Crippen LogP) is -2.45. The van der Waals surface area contributed by atoms with E-state index in [0.717, 1.165) is 0 Å². The summed E-state index contributed by atoms with van der Waals surface area (Å²) < 4.78 is 29.7. The minimum Gasteiger partial charge on any atom is -0.748 e. The minimum atomic E-state index is -4.01. The van der Waals surface area contributed by atoms with Gasteiger partial charge < -0.3 is 4.55 Å². The Morgan fingerprint density at radius 1 is 1.30 bits per heavy atom. The molecule has 0 rings (SSSR count). The Balaban J connectivity index is 0. The predicted molar refractivity (Wildman–Crippen MR) is 34.5 cm³/mol. The van der Waals surface area contributed by atoms with Crippen molar-refractivity contribution in [3.8, 4) is 0 Å². The first kappa shape index (κ1) is 13.8. The molecular weight excluding hydrogens is 187 g/mol. The summed E-state index contributed by atoms with van der Waals surface area (Å²) in [7, 11) is -4.01. The first-order valence-electron chi connectivity index (χ1n) is 2.56. The Bertz CT molecular complexity index is 156. The molecule has 0 aliphatic rings. The van der Waals surface area contributed by atoms with E-state index in [0.29, 0.717) is 18.7 Å². The van der Waals surface area contributed by atoms with Gasteiger partial charge in [0.25, 0.3) is 0 Å². The van der Waals surface area contributed by atoms with Crippen molar-refractivity contribution in [2.24, 2.45) is 0 Å². The maximum atomic E-state index is 9.91. The Labute approximate surface area is 88.2 Å². The minimum absolute atomic E-state index is 0. The molecule has 56 valence electrons. The molecule has 3 nitrogen and oxygen atoms in total. The molecule has 0 saturated carbocycles. The molecule has 0 radical (unpaired) electrons. The molecule has 0 bridgehead atoms. The molecule has 0 aromatic carbocycles. The van der Waals surface area contributed by atoms with Crippen molar-refractivity contribution in [2.75, 3.05) is 11.6 Å². The van der Waals surface area contributed by atoms with Gasteiger partial charge in [-0.3, -0.25) is 0 Å². The van der Waals surface area contributed by atoms with E-state index < -0.39 is 10.1 Å². The molecule has 0 amide bonds. The molecule has 10 heavy (non-hydrogen) atoms. The molecule has 0 fully saturated rings. The number of alkyl halides is 1. The van der Waals surface area contributed by atoms with Crippen molar-refractivity contribution in [2.45, 2.75) is 12.8 Å². The van der Waals surface area contributed by atoms with E-state index >= 15 is 0 Å². The van der Waals surface area contributed by atoms with Gasteiger partial charge in [0.15, 0.2) is 0 Å². The molecule has 0 heterocycles. The maximum Gasteiger partial charge on any atom is 1.00 e. The van der Waals surface area contributed by atoms with Crippen molar-refractivity contribution in [3.05, 3.63) is 0 Å². The van der Waals surface area contributed by atoms with Gasteiger partial charge in [-0.2, -0.15) is 0 Å². The second-order valence-corrected chi connectivity index (χ2v) is 3.56. The first-order chi connectivity index (χ1) is 4.06. The molecule has 0 aliphatic carbocycles. The van der Waals surface area contributed by atoms with Gasteiger partial charge in [-0.1, -0.05) is 0 Å². The molecule has 0 unspecified atom stereocenters. The molecular formula is C4H8ClNaO3S. The summed E-state index contributed by atoms with van der Waals surface area (Å²) in [6.45, 7) is 0. The molecule has 0 aromatic rings. The normalized spacial score (nSPS) is 10.6. The van der Waals surface area contributed by atoms with Gasteiger partial charge in [-0.15, -0.1) is 11.6 Å². The Morgan fingerprint density at radius 2 is 1.80 bits per heavy atom. The zero-order chi connectivity index (χ0) is 7.33. The SMILES string of the molecule is O=S(=O)([O-])CCCCCl.[Na+]. The summed E-state index contributed by atoms with van der Waals surface area (Å²) in [4.78, 5) is 0. The van der Waals surface area contributed by atoms with Crippen molar-refractivity contribution in [3.63, 3.8) is 0 Å². The number of rotatable bonds is 4. The molecule has 0 atom stereocenters. The van der Waals surface area contributed by atoms with Crippen LogP contribution in [0.1, 0.15) is 12.8 Å². The zero-order valence-corrected chi connectivity index (χ0v) is 9.41.